The molecule has 0 fully saturated rings. The molecule has 5 nitrogen and oxygen atoms in total. The maximum Gasteiger partial charge on any atom is 0.158 e. The van der Waals surface area contributed by atoms with Crippen molar-refractivity contribution in [3.63, 3.8) is 0 Å². The summed E-state index contributed by atoms with van der Waals surface area (Å²) in [5.41, 5.74) is 0.596. The van der Waals surface area contributed by atoms with Gasteiger partial charge in [0.25, 0.3) is 0 Å². The quantitative estimate of drug-likeness (QED) is 0.867. The second kappa shape index (κ2) is 6.45. The Morgan fingerprint density at radius 1 is 1.25 bits per heavy atom. The normalized spacial score (nSPS) is 12.2. The van der Waals surface area contributed by atoms with Crippen LogP contribution in [0, 0.1) is 0 Å². The van der Waals surface area contributed by atoms with Gasteiger partial charge in [0.2, 0.25) is 0 Å². The summed E-state index contributed by atoms with van der Waals surface area (Å²) in [5, 5.41) is 9.23. The zero-order chi connectivity index (χ0) is 15.4. The maximum absolute atomic E-state index is 12.0. The molecule has 114 valence electrons. The van der Waals surface area contributed by atoms with Crippen LogP contribution in [0.4, 0.5) is 0 Å². The molecule has 0 saturated heterocycles. The van der Waals surface area contributed by atoms with Crippen LogP contribution in [0.3, 0.4) is 0 Å². The Morgan fingerprint density at radius 2 is 1.90 bits per heavy atom. The first-order valence-corrected chi connectivity index (χ1v) is 7.99. The fraction of sp³-hybridized carbons (Fsp3) is 0.571. The second-order valence-corrected chi connectivity index (χ2v) is 8.27. The first-order chi connectivity index (χ1) is 9.21. The minimum absolute atomic E-state index is 0.0414. The van der Waals surface area contributed by atoms with Crippen molar-refractivity contribution in [2.24, 2.45) is 0 Å². The lowest BCUT2D eigenvalue weighted by molar-refractivity contribution is 0.266. The molecule has 6 heteroatoms. The number of ether oxygens (including phenoxy) is 2. The Morgan fingerprint density at radius 3 is 2.40 bits per heavy atom. The van der Waals surface area contributed by atoms with Gasteiger partial charge in [-0.3, -0.25) is 0 Å². The molecular formula is C14H22O5S. The Bertz CT molecular complexity index is 543. The Balaban J connectivity index is 2.76. The Hall–Kier alpha value is -1.27. The van der Waals surface area contributed by atoms with Crippen LogP contribution in [0.5, 0.6) is 11.5 Å². The third-order valence-corrected chi connectivity index (χ3v) is 5.56. The lowest BCUT2D eigenvalue weighted by Crippen LogP contribution is -2.32. The first-order valence-electron chi connectivity index (χ1n) is 6.34. The van der Waals surface area contributed by atoms with E-state index in [1.54, 1.807) is 39.0 Å². The van der Waals surface area contributed by atoms with Gasteiger partial charge in [0.15, 0.2) is 9.84 Å². The van der Waals surface area contributed by atoms with E-state index in [4.69, 9.17) is 9.47 Å². The molecule has 1 rings (SSSR count). The van der Waals surface area contributed by atoms with Gasteiger partial charge in [-0.05, 0) is 32.9 Å². The van der Waals surface area contributed by atoms with Gasteiger partial charge in [-0.2, -0.15) is 0 Å². The molecule has 0 saturated carbocycles. The zero-order valence-corrected chi connectivity index (χ0v) is 13.2. The zero-order valence-electron chi connectivity index (χ0n) is 12.3. The largest absolute Gasteiger partial charge is 0.497 e. The summed E-state index contributed by atoms with van der Waals surface area (Å²) in [5.74, 6) is 0.963. The molecule has 0 amide bonds. The van der Waals surface area contributed by atoms with E-state index in [1.165, 1.54) is 7.11 Å². The van der Waals surface area contributed by atoms with E-state index >= 15 is 0 Å². The van der Waals surface area contributed by atoms with Crippen molar-refractivity contribution in [2.45, 2.75) is 32.1 Å². The highest BCUT2D eigenvalue weighted by atomic mass is 32.2. The standard InChI is InChI=1S/C14H22O5S/c1-14(2,3)20(16,17)8-7-19-13-9-12(18-4)6-5-11(13)10-15/h5-6,9,15H,7-8,10H2,1-4H3. The fourth-order valence-corrected chi connectivity index (χ4v) is 2.41. The molecule has 0 aliphatic carbocycles. The van der Waals surface area contributed by atoms with Gasteiger partial charge in [0, 0.05) is 11.6 Å². The topological polar surface area (TPSA) is 72.8 Å². The predicted molar refractivity (Wildman–Crippen MR) is 78.0 cm³/mol. The van der Waals surface area contributed by atoms with Gasteiger partial charge in [-0.15, -0.1) is 0 Å². The lowest BCUT2D eigenvalue weighted by atomic mass is 10.2. The van der Waals surface area contributed by atoms with E-state index in [9.17, 15) is 13.5 Å². The monoisotopic (exact) mass is 302 g/mol. The number of benzene rings is 1. The van der Waals surface area contributed by atoms with Gasteiger partial charge < -0.3 is 14.6 Å². The van der Waals surface area contributed by atoms with E-state index in [1.807, 2.05) is 0 Å². The first kappa shape index (κ1) is 16.8. The van der Waals surface area contributed by atoms with Crippen molar-refractivity contribution in [3.05, 3.63) is 23.8 Å². The van der Waals surface area contributed by atoms with Gasteiger partial charge in [0.1, 0.15) is 18.1 Å². The Kier molecular flexibility index (Phi) is 5.42. The number of sulfone groups is 1. The molecule has 0 atom stereocenters. The van der Waals surface area contributed by atoms with Crippen LogP contribution in [-0.2, 0) is 16.4 Å². The van der Waals surface area contributed by atoms with Crippen molar-refractivity contribution >= 4 is 9.84 Å². The SMILES string of the molecule is COc1ccc(CO)c(OCCS(=O)(=O)C(C)(C)C)c1. The Labute approximate surface area is 120 Å². The minimum Gasteiger partial charge on any atom is -0.497 e. The summed E-state index contributed by atoms with van der Waals surface area (Å²) in [6.45, 7) is 4.85. The summed E-state index contributed by atoms with van der Waals surface area (Å²) in [4.78, 5) is 0. The third kappa shape index (κ3) is 4.11. The van der Waals surface area contributed by atoms with Crippen molar-refractivity contribution in [2.75, 3.05) is 19.5 Å². The highest BCUT2D eigenvalue weighted by molar-refractivity contribution is 7.92. The molecule has 0 unspecified atom stereocenters. The number of aliphatic hydroxyl groups excluding tert-OH is 1. The maximum atomic E-state index is 12.0. The number of hydrogen-bond donors (Lipinski definition) is 1. The summed E-state index contributed by atoms with van der Waals surface area (Å²) in [6, 6.07) is 5.03. The molecule has 20 heavy (non-hydrogen) atoms. The van der Waals surface area contributed by atoms with Crippen LogP contribution in [0.15, 0.2) is 18.2 Å². The van der Waals surface area contributed by atoms with Gasteiger partial charge >= 0.3 is 0 Å². The summed E-state index contributed by atoms with van der Waals surface area (Å²) in [7, 11) is -1.69. The van der Waals surface area contributed by atoms with Crippen LogP contribution < -0.4 is 9.47 Å². The predicted octanol–water partition coefficient (Wildman–Crippen LogP) is 1.78. The number of hydrogen-bond acceptors (Lipinski definition) is 5. The van der Waals surface area contributed by atoms with Gasteiger partial charge in [0.05, 0.1) is 24.2 Å². The highest BCUT2D eigenvalue weighted by Crippen LogP contribution is 2.25. The van der Waals surface area contributed by atoms with Crippen LogP contribution >= 0.6 is 0 Å². The summed E-state index contributed by atoms with van der Waals surface area (Å²) >= 11 is 0. The summed E-state index contributed by atoms with van der Waals surface area (Å²) in [6.07, 6.45) is 0. The van der Waals surface area contributed by atoms with Crippen LogP contribution in [0.2, 0.25) is 0 Å². The van der Waals surface area contributed by atoms with Crippen LogP contribution in [-0.4, -0.2) is 37.7 Å². The average molecular weight is 302 g/mol. The lowest BCUT2D eigenvalue weighted by Gasteiger charge is -2.19. The molecule has 0 spiro atoms. The van der Waals surface area contributed by atoms with Crippen molar-refractivity contribution in [3.8, 4) is 11.5 Å². The second-order valence-electron chi connectivity index (χ2n) is 5.41. The molecule has 0 heterocycles. The molecule has 0 aliphatic rings. The van der Waals surface area contributed by atoms with Crippen LogP contribution in [0.25, 0.3) is 0 Å². The van der Waals surface area contributed by atoms with Crippen LogP contribution in [0.1, 0.15) is 26.3 Å². The van der Waals surface area contributed by atoms with E-state index < -0.39 is 14.6 Å². The van der Waals surface area contributed by atoms with Crippen molar-refractivity contribution in [1.29, 1.82) is 0 Å². The highest BCUT2D eigenvalue weighted by Gasteiger charge is 2.28. The molecule has 0 radical (unpaired) electrons. The molecule has 1 aromatic rings. The van der Waals surface area contributed by atoms with E-state index in [0.717, 1.165) is 0 Å². The number of methoxy groups -OCH3 is 1. The minimum atomic E-state index is -3.22. The molecule has 0 aromatic heterocycles. The van der Waals surface area contributed by atoms with Crippen molar-refractivity contribution < 1.29 is 23.0 Å². The number of aliphatic hydroxyl groups is 1. The number of rotatable bonds is 6. The van der Waals surface area contributed by atoms with Gasteiger partial charge in [-0.1, -0.05) is 0 Å². The molecule has 0 aliphatic heterocycles. The van der Waals surface area contributed by atoms with E-state index in [2.05, 4.69) is 0 Å². The van der Waals surface area contributed by atoms with E-state index in [0.29, 0.717) is 17.1 Å². The van der Waals surface area contributed by atoms with Crippen molar-refractivity contribution in [1.82, 2.24) is 0 Å². The molecule has 1 aromatic carbocycles. The third-order valence-electron chi connectivity index (χ3n) is 2.99. The molecule has 0 bridgehead atoms. The molecule has 1 N–H and O–H groups in total. The smallest absolute Gasteiger partial charge is 0.158 e. The average Bonchev–Trinajstić information content (AvgIpc) is 2.37. The molecular weight excluding hydrogens is 280 g/mol. The van der Waals surface area contributed by atoms with E-state index in [-0.39, 0.29) is 19.0 Å². The summed E-state index contributed by atoms with van der Waals surface area (Å²) < 4.78 is 33.7. The fourth-order valence-electron chi connectivity index (χ4n) is 1.49. The van der Waals surface area contributed by atoms with Gasteiger partial charge in [-0.25, -0.2) is 8.42 Å².